The number of hydrogen-bond acceptors (Lipinski definition) is 4. The minimum atomic E-state index is -0.422. The van der Waals surface area contributed by atoms with E-state index in [1.165, 1.54) is 24.1 Å². The third-order valence-electron chi connectivity index (χ3n) is 5.63. The van der Waals surface area contributed by atoms with Gasteiger partial charge in [0.2, 0.25) is 0 Å². The lowest BCUT2D eigenvalue weighted by atomic mass is 10.1. The average Bonchev–Trinajstić information content (AvgIpc) is 3.49. The van der Waals surface area contributed by atoms with Crippen LogP contribution in [0.3, 0.4) is 0 Å². The van der Waals surface area contributed by atoms with Crippen LogP contribution in [-0.4, -0.2) is 19.0 Å². The Balaban J connectivity index is 1.49. The summed E-state index contributed by atoms with van der Waals surface area (Å²) >= 11 is 0. The molecule has 5 nitrogen and oxygen atoms in total. The topological polar surface area (TPSA) is 59.8 Å². The van der Waals surface area contributed by atoms with Gasteiger partial charge in [-0.2, -0.15) is 0 Å². The predicted molar refractivity (Wildman–Crippen MR) is 132 cm³/mol. The van der Waals surface area contributed by atoms with E-state index in [-0.39, 0.29) is 5.91 Å². The van der Waals surface area contributed by atoms with Crippen molar-refractivity contribution in [2.45, 2.75) is 0 Å². The number of rotatable bonds is 5. The normalized spacial score (nSPS) is 14.3. The first-order chi connectivity index (χ1) is 17.0. The van der Waals surface area contributed by atoms with Gasteiger partial charge in [-0.15, -0.1) is 0 Å². The number of nitrogens with zero attached hydrogens (tertiary/aromatic N) is 1. The Bertz CT molecular complexity index is 1470. The summed E-state index contributed by atoms with van der Waals surface area (Å²) in [5, 5.41) is 0. The summed E-state index contributed by atoms with van der Waals surface area (Å²) < 4.78 is 24.6. The molecule has 1 aromatic heterocycles. The molecule has 2 heterocycles. The van der Waals surface area contributed by atoms with Crippen molar-refractivity contribution in [3.05, 3.63) is 125 Å². The van der Waals surface area contributed by atoms with Crippen LogP contribution < -0.4 is 4.90 Å². The number of methoxy groups -OCH3 is 1. The molecule has 0 fully saturated rings. The molecule has 3 aromatic carbocycles. The Morgan fingerprint density at radius 2 is 1.69 bits per heavy atom. The van der Waals surface area contributed by atoms with Crippen molar-refractivity contribution in [2.24, 2.45) is 0 Å². The molecule has 0 saturated carbocycles. The van der Waals surface area contributed by atoms with E-state index in [4.69, 9.17) is 9.15 Å². The fourth-order valence-electron chi connectivity index (χ4n) is 3.94. The third kappa shape index (κ3) is 4.42. The molecule has 5 rings (SSSR count). The number of ether oxygens (including phenoxy) is 1. The lowest BCUT2D eigenvalue weighted by Crippen LogP contribution is -2.25. The van der Waals surface area contributed by atoms with Crippen molar-refractivity contribution in [1.29, 1.82) is 0 Å². The fourth-order valence-corrected chi connectivity index (χ4v) is 3.94. The van der Waals surface area contributed by atoms with Gasteiger partial charge >= 0.3 is 5.97 Å². The fraction of sp³-hybridized carbons (Fsp3) is 0.0345. The average molecular weight is 465 g/mol. The van der Waals surface area contributed by atoms with Crippen LogP contribution in [0.2, 0.25) is 0 Å². The molecule has 1 aliphatic rings. The highest BCUT2D eigenvalue weighted by atomic mass is 19.1. The number of esters is 1. The number of amides is 1. The number of carbonyl (C=O) groups excluding carboxylic acids is 2. The minimum Gasteiger partial charge on any atom is -0.465 e. The Morgan fingerprint density at radius 3 is 2.40 bits per heavy atom. The van der Waals surface area contributed by atoms with Crippen molar-refractivity contribution in [2.75, 3.05) is 12.0 Å². The molecule has 0 spiro atoms. The van der Waals surface area contributed by atoms with Gasteiger partial charge in [-0.1, -0.05) is 48.5 Å². The van der Waals surface area contributed by atoms with Crippen LogP contribution in [0, 0.1) is 5.82 Å². The van der Waals surface area contributed by atoms with E-state index in [1.807, 2.05) is 30.3 Å². The van der Waals surface area contributed by atoms with Gasteiger partial charge in [0.1, 0.15) is 17.3 Å². The quantitative estimate of drug-likeness (QED) is 0.255. The molecule has 1 amide bonds. The maximum absolute atomic E-state index is 14.0. The summed E-state index contributed by atoms with van der Waals surface area (Å²) in [5.41, 5.74) is 3.56. The molecule has 0 unspecified atom stereocenters. The highest BCUT2D eigenvalue weighted by molar-refractivity contribution is 6.23. The number of hydrogen-bond donors (Lipinski definition) is 0. The van der Waals surface area contributed by atoms with Gasteiger partial charge in [-0.05, 0) is 60.2 Å². The number of furan rings is 1. The molecule has 0 bridgehead atoms. The molecule has 0 N–H and O–H groups in total. The van der Waals surface area contributed by atoms with Gasteiger partial charge < -0.3 is 9.15 Å². The highest BCUT2D eigenvalue weighted by Crippen LogP contribution is 2.36. The first-order valence-corrected chi connectivity index (χ1v) is 10.9. The predicted octanol–water partition coefficient (Wildman–Crippen LogP) is 6.34. The van der Waals surface area contributed by atoms with Gasteiger partial charge in [0.05, 0.1) is 24.1 Å². The smallest absolute Gasteiger partial charge is 0.337 e. The highest BCUT2D eigenvalue weighted by Gasteiger charge is 2.30. The molecule has 172 valence electrons. The van der Waals surface area contributed by atoms with Crippen LogP contribution in [0.15, 0.2) is 107 Å². The zero-order chi connectivity index (χ0) is 24.4. The van der Waals surface area contributed by atoms with Crippen molar-refractivity contribution < 1.29 is 23.1 Å². The van der Waals surface area contributed by atoms with Crippen LogP contribution in [0.4, 0.5) is 10.1 Å². The third-order valence-corrected chi connectivity index (χ3v) is 5.63. The largest absolute Gasteiger partial charge is 0.465 e. The van der Waals surface area contributed by atoms with Gasteiger partial charge in [0, 0.05) is 11.1 Å². The van der Waals surface area contributed by atoms with E-state index >= 15 is 0 Å². The Morgan fingerprint density at radius 1 is 0.914 bits per heavy atom. The van der Waals surface area contributed by atoms with Crippen LogP contribution in [-0.2, 0) is 9.53 Å². The summed E-state index contributed by atoms with van der Waals surface area (Å²) in [4.78, 5) is 26.6. The van der Waals surface area contributed by atoms with Gasteiger partial charge in [-0.3, -0.25) is 9.69 Å². The Kier molecular flexibility index (Phi) is 5.85. The Hall–Kier alpha value is -4.71. The molecule has 4 aromatic rings. The molecule has 6 heteroatoms. The van der Waals surface area contributed by atoms with Crippen LogP contribution in [0.1, 0.15) is 21.7 Å². The second kappa shape index (κ2) is 9.27. The van der Waals surface area contributed by atoms with Crippen molar-refractivity contribution in [3.63, 3.8) is 0 Å². The molecule has 0 saturated heterocycles. The van der Waals surface area contributed by atoms with Crippen LogP contribution in [0.5, 0.6) is 0 Å². The van der Waals surface area contributed by atoms with Gasteiger partial charge in [-0.25, -0.2) is 9.18 Å². The molecule has 1 aliphatic heterocycles. The monoisotopic (exact) mass is 465 g/mol. The lowest BCUT2D eigenvalue weighted by Gasteiger charge is -2.20. The van der Waals surface area contributed by atoms with E-state index in [0.717, 1.165) is 11.1 Å². The maximum Gasteiger partial charge on any atom is 0.337 e. The summed E-state index contributed by atoms with van der Waals surface area (Å²) in [7, 11) is 1.33. The van der Waals surface area contributed by atoms with Crippen molar-refractivity contribution >= 4 is 29.3 Å². The first-order valence-electron chi connectivity index (χ1n) is 10.9. The SMILES string of the molecule is COC(=O)c1ccc(-c2ccc(/C=C3\C=C(c4ccccc4)N(c4cccc(F)c4)C3=O)o2)cc1. The van der Waals surface area contributed by atoms with Gasteiger partial charge in [0.25, 0.3) is 5.91 Å². The zero-order valence-electron chi connectivity index (χ0n) is 18.8. The van der Waals surface area contributed by atoms with E-state index in [2.05, 4.69) is 0 Å². The van der Waals surface area contributed by atoms with Crippen LogP contribution in [0.25, 0.3) is 23.1 Å². The Labute approximate surface area is 201 Å². The van der Waals surface area contributed by atoms with Crippen molar-refractivity contribution in [3.8, 4) is 11.3 Å². The van der Waals surface area contributed by atoms with E-state index in [1.54, 1.807) is 60.7 Å². The molecule has 35 heavy (non-hydrogen) atoms. The number of benzene rings is 3. The summed E-state index contributed by atoms with van der Waals surface area (Å²) in [5.74, 6) is -0.0352. The van der Waals surface area contributed by atoms with Crippen molar-refractivity contribution in [1.82, 2.24) is 0 Å². The van der Waals surface area contributed by atoms with E-state index in [0.29, 0.717) is 34.0 Å². The first kappa shape index (κ1) is 22.1. The number of carbonyl (C=O) groups is 2. The zero-order valence-corrected chi connectivity index (χ0v) is 18.8. The van der Waals surface area contributed by atoms with Gasteiger partial charge in [0.15, 0.2) is 0 Å². The molecule has 0 aliphatic carbocycles. The standard InChI is InChI=1S/C29H20FNO4/c1-34-29(33)21-12-10-20(11-13-21)27-15-14-25(35-27)16-22-17-26(19-6-3-2-4-7-19)31(28(22)32)24-9-5-8-23(30)18-24/h2-18H,1H3/b22-16+. The summed E-state index contributed by atoms with van der Waals surface area (Å²) in [6, 6.07) is 25.8. The van der Waals surface area contributed by atoms with E-state index in [9.17, 15) is 14.0 Å². The lowest BCUT2D eigenvalue weighted by molar-refractivity contribution is -0.113. The second-order valence-electron chi connectivity index (χ2n) is 7.89. The minimum absolute atomic E-state index is 0.283. The molecular weight excluding hydrogens is 445 g/mol. The molecular formula is C29H20FNO4. The van der Waals surface area contributed by atoms with Crippen LogP contribution >= 0.6 is 0 Å². The molecule has 0 radical (unpaired) electrons. The van der Waals surface area contributed by atoms with E-state index < -0.39 is 11.8 Å². The number of halogens is 1. The summed E-state index contributed by atoms with van der Waals surface area (Å²) in [6.07, 6.45) is 3.44. The summed E-state index contributed by atoms with van der Waals surface area (Å²) in [6.45, 7) is 0. The maximum atomic E-state index is 14.0. The number of anilines is 1. The molecule has 0 atom stereocenters. The second-order valence-corrected chi connectivity index (χ2v) is 7.89.